The summed E-state index contributed by atoms with van der Waals surface area (Å²) >= 11 is 0. The minimum atomic E-state index is -2.95. The number of carbonyl (C=O) groups is 1. The maximum absolute atomic E-state index is 14.7. The molecule has 0 bridgehead atoms. The number of aromatic nitrogens is 2. The quantitative estimate of drug-likeness (QED) is 0.382. The molecule has 0 saturated heterocycles. The molecule has 1 atom stereocenters. The molecule has 2 aromatic heterocycles. The molecule has 2 N–H and O–H groups in total. The number of benzene rings is 2. The molecule has 2 aromatic carbocycles. The summed E-state index contributed by atoms with van der Waals surface area (Å²) in [5.41, 5.74) is 0.271. The highest BCUT2D eigenvalue weighted by Gasteiger charge is 2.22. The Bertz CT molecular complexity index is 1370. The molecular weight excluding hydrogens is 439 g/mol. The van der Waals surface area contributed by atoms with Crippen molar-refractivity contribution in [1.29, 1.82) is 0 Å². The number of alkyl halides is 2. The predicted octanol–water partition coefficient (Wildman–Crippen LogP) is 5.45. The maximum atomic E-state index is 14.7. The number of rotatable bonds is 7. The third-order valence-corrected chi connectivity index (χ3v) is 5.40. The zero-order chi connectivity index (χ0) is 23.9. The molecule has 4 aromatic rings. The number of hydrogen-bond acceptors (Lipinski definition) is 5. The Balaban J connectivity index is 1.90. The normalized spacial score (nSPS) is 12.3. The third kappa shape index (κ3) is 3.88. The smallest absolute Gasteiger partial charge is 0.337 e. The topological polar surface area (TPSA) is 85.1 Å². The number of ether oxygens (including phenoxy) is 2. The van der Waals surface area contributed by atoms with E-state index in [2.05, 4.69) is 10.3 Å². The van der Waals surface area contributed by atoms with E-state index < -0.39 is 29.8 Å². The standard InChI is InChI=1S/C23H20F3N3O4/c1-11(13-5-4-6-14(20(13)24)21(25)26)27-22-15-8-17(32-2)18(33-3)9-16(15)29-10-12(23(30)31)7-19(29)28-22/h4-11,21H,1-3H3,(H,27,28)(H,30,31). The van der Waals surface area contributed by atoms with Crippen molar-refractivity contribution in [3.05, 3.63) is 65.1 Å². The van der Waals surface area contributed by atoms with E-state index in [-0.39, 0.29) is 11.1 Å². The van der Waals surface area contributed by atoms with Crippen LogP contribution in [-0.4, -0.2) is 34.7 Å². The highest BCUT2D eigenvalue weighted by molar-refractivity contribution is 5.96. The van der Waals surface area contributed by atoms with Gasteiger partial charge in [-0.25, -0.2) is 22.9 Å². The molecule has 172 valence electrons. The van der Waals surface area contributed by atoms with Crippen molar-refractivity contribution in [1.82, 2.24) is 9.38 Å². The molecule has 0 aliphatic rings. The summed E-state index contributed by atoms with van der Waals surface area (Å²) < 4.78 is 53.4. The van der Waals surface area contributed by atoms with E-state index >= 15 is 0 Å². The Morgan fingerprint density at radius 1 is 1.12 bits per heavy atom. The molecule has 2 heterocycles. The molecule has 0 amide bonds. The van der Waals surface area contributed by atoms with Crippen LogP contribution < -0.4 is 14.8 Å². The van der Waals surface area contributed by atoms with Crippen molar-refractivity contribution in [3.63, 3.8) is 0 Å². The molecule has 0 saturated carbocycles. The van der Waals surface area contributed by atoms with E-state index in [0.717, 1.165) is 6.07 Å². The monoisotopic (exact) mass is 459 g/mol. The van der Waals surface area contributed by atoms with E-state index in [4.69, 9.17) is 9.47 Å². The number of halogens is 3. The average molecular weight is 459 g/mol. The molecule has 1 unspecified atom stereocenters. The van der Waals surface area contributed by atoms with E-state index in [1.807, 2.05) is 0 Å². The first-order chi connectivity index (χ1) is 15.7. The maximum Gasteiger partial charge on any atom is 0.337 e. The largest absolute Gasteiger partial charge is 0.493 e. The molecule has 33 heavy (non-hydrogen) atoms. The Morgan fingerprint density at radius 2 is 1.79 bits per heavy atom. The number of nitrogens with one attached hydrogen (secondary N) is 1. The Morgan fingerprint density at radius 3 is 2.42 bits per heavy atom. The van der Waals surface area contributed by atoms with Crippen LogP contribution in [0.25, 0.3) is 16.6 Å². The first-order valence-electron chi connectivity index (χ1n) is 9.89. The van der Waals surface area contributed by atoms with Gasteiger partial charge in [0.25, 0.3) is 6.43 Å². The molecule has 7 nitrogen and oxygen atoms in total. The van der Waals surface area contributed by atoms with Crippen molar-refractivity contribution in [3.8, 4) is 11.5 Å². The number of carboxylic acid groups (broad SMARTS) is 1. The lowest BCUT2D eigenvalue weighted by atomic mass is 10.0. The lowest BCUT2D eigenvalue weighted by Crippen LogP contribution is -2.12. The zero-order valence-corrected chi connectivity index (χ0v) is 17.9. The van der Waals surface area contributed by atoms with E-state index in [9.17, 15) is 23.1 Å². The third-order valence-electron chi connectivity index (χ3n) is 5.40. The SMILES string of the molecule is COc1cc2c(NC(C)c3cccc(C(F)F)c3F)nc3cc(C(=O)O)cn3c2cc1OC. The lowest BCUT2D eigenvalue weighted by molar-refractivity contribution is 0.0697. The van der Waals surface area contributed by atoms with Crippen molar-refractivity contribution in [2.24, 2.45) is 0 Å². The molecule has 4 rings (SSSR count). The number of methoxy groups -OCH3 is 2. The number of nitrogens with zero attached hydrogens (tertiary/aromatic N) is 2. The highest BCUT2D eigenvalue weighted by atomic mass is 19.3. The van der Waals surface area contributed by atoms with Gasteiger partial charge >= 0.3 is 5.97 Å². The van der Waals surface area contributed by atoms with Gasteiger partial charge < -0.3 is 19.9 Å². The number of fused-ring (bicyclic) bond motifs is 3. The minimum absolute atomic E-state index is 0.0273. The molecular formula is C23H20F3N3O4. The van der Waals surface area contributed by atoms with E-state index in [1.165, 1.54) is 38.6 Å². The van der Waals surface area contributed by atoms with Crippen LogP contribution >= 0.6 is 0 Å². The minimum Gasteiger partial charge on any atom is -0.493 e. The van der Waals surface area contributed by atoms with Crippen LogP contribution in [0.5, 0.6) is 11.5 Å². The van der Waals surface area contributed by atoms with Gasteiger partial charge in [0.2, 0.25) is 0 Å². The number of aromatic carboxylic acids is 1. The number of anilines is 1. The molecule has 10 heteroatoms. The second-order valence-electron chi connectivity index (χ2n) is 7.36. The van der Waals surface area contributed by atoms with Gasteiger partial charge in [-0.2, -0.15) is 0 Å². The highest BCUT2D eigenvalue weighted by Crippen LogP contribution is 2.37. The molecule has 0 radical (unpaired) electrons. The number of hydrogen-bond donors (Lipinski definition) is 2. The van der Waals surface area contributed by atoms with Gasteiger partial charge in [0, 0.05) is 23.2 Å². The first-order valence-corrected chi connectivity index (χ1v) is 9.89. The summed E-state index contributed by atoms with van der Waals surface area (Å²) in [6.07, 6.45) is -1.52. The average Bonchev–Trinajstić information content (AvgIpc) is 3.22. The summed E-state index contributed by atoms with van der Waals surface area (Å²) in [6, 6.07) is 7.82. The van der Waals surface area contributed by atoms with Crippen LogP contribution in [0.2, 0.25) is 0 Å². The first kappa shape index (κ1) is 22.3. The van der Waals surface area contributed by atoms with Gasteiger partial charge in [-0.3, -0.25) is 4.40 Å². The summed E-state index contributed by atoms with van der Waals surface area (Å²) in [7, 11) is 2.94. The predicted molar refractivity (Wildman–Crippen MR) is 116 cm³/mol. The molecule has 0 aliphatic heterocycles. The van der Waals surface area contributed by atoms with Crippen LogP contribution in [0.15, 0.2) is 42.6 Å². The van der Waals surface area contributed by atoms with Gasteiger partial charge in [0.15, 0.2) is 11.5 Å². The summed E-state index contributed by atoms with van der Waals surface area (Å²) in [4.78, 5) is 16.0. The van der Waals surface area contributed by atoms with Crippen LogP contribution in [0.1, 0.15) is 40.9 Å². The van der Waals surface area contributed by atoms with Gasteiger partial charge in [-0.15, -0.1) is 0 Å². The lowest BCUT2D eigenvalue weighted by Gasteiger charge is -2.20. The molecule has 0 aliphatic carbocycles. The number of carboxylic acids is 1. The van der Waals surface area contributed by atoms with E-state index in [0.29, 0.717) is 33.9 Å². The summed E-state index contributed by atoms with van der Waals surface area (Å²) in [5.74, 6) is -1.00. The van der Waals surface area contributed by atoms with Crippen molar-refractivity contribution in [2.45, 2.75) is 19.4 Å². The molecule has 0 spiro atoms. The second kappa shape index (κ2) is 8.53. The summed E-state index contributed by atoms with van der Waals surface area (Å²) in [5, 5.41) is 13.0. The van der Waals surface area contributed by atoms with Crippen LogP contribution in [0.4, 0.5) is 19.0 Å². The van der Waals surface area contributed by atoms with Crippen LogP contribution in [0, 0.1) is 5.82 Å². The molecule has 0 fully saturated rings. The Labute approximate surface area is 186 Å². The fraction of sp³-hybridized carbons (Fsp3) is 0.217. The van der Waals surface area contributed by atoms with Gasteiger partial charge in [0.05, 0.1) is 36.9 Å². The van der Waals surface area contributed by atoms with Crippen LogP contribution in [-0.2, 0) is 0 Å². The zero-order valence-electron chi connectivity index (χ0n) is 17.9. The Kier molecular flexibility index (Phi) is 5.75. The van der Waals surface area contributed by atoms with Crippen molar-refractivity contribution in [2.75, 3.05) is 19.5 Å². The van der Waals surface area contributed by atoms with Gasteiger partial charge in [-0.1, -0.05) is 18.2 Å². The van der Waals surface area contributed by atoms with Gasteiger partial charge in [-0.05, 0) is 19.1 Å². The fourth-order valence-corrected chi connectivity index (χ4v) is 3.74. The Hall–Kier alpha value is -3.95. The van der Waals surface area contributed by atoms with Crippen LogP contribution in [0.3, 0.4) is 0 Å². The fourth-order valence-electron chi connectivity index (χ4n) is 3.74. The second-order valence-corrected chi connectivity index (χ2v) is 7.36. The van der Waals surface area contributed by atoms with Crippen molar-refractivity contribution < 1.29 is 32.5 Å². The van der Waals surface area contributed by atoms with Gasteiger partial charge in [0.1, 0.15) is 17.3 Å². The van der Waals surface area contributed by atoms with Crippen molar-refractivity contribution >= 4 is 28.3 Å². The summed E-state index contributed by atoms with van der Waals surface area (Å²) in [6.45, 7) is 1.62. The van der Waals surface area contributed by atoms with E-state index in [1.54, 1.807) is 23.5 Å².